The Hall–Kier alpha value is -2.17. The van der Waals surface area contributed by atoms with Gasteiger partial charge in [-0.25, -0.2) is 5.43 Å². The highest BCUT2D eigenvalue weighted by atomic mass is 35.5. The van der Waals surface area contributed by atoms with Gasteiger partial charge in [-0.05, 0) is 43.0 Å². The molecule has 0 aliphatic carbocycles. The van der Waals surface area contributed by atoms with Gasteiger partial charge in [0.05, 0.1) is 10.7 Å². The fourth-order valence-corrected chi connectivity index (χ4v) is 4.06. The molecule has 0 atom stereocenters. The average Bonchev–Trinajstić information content (AvgIpc) is 2.95. The molecule has 1 heterocycles. The van der Waals surface area contributed by atoms with Gasteiger partial charge in [-0.1, -0.05) is 54.9 Å². The molecule has 1 amide bonds. The first kappa shape index (κ1) is 17.6. The van der Waals surface area contributed by atoms with Crippen molar-refractivity contribution in [2.24, 2.45) is 5.10 Å². The molecule has 0 radical (unpaired) electrons. The van der Waals surface area contributed by atoms with E-state index in [0.29, 0.717) is 9.90 Å². The third-order valence-electron chi connectivity index (χ3n) is 4.10. The van der Waals surface area contributed by atoms with Crippen LogP contribution in [0.2, 0.25) is 5.02 Å². The van der Waals surface area contributed by atoms with Crippen LogP contribution in [0, 0.1) is 6.92 Å². The summed E-state index contributed by atoms with van der Waals surface area (Å²) in [5.74, 6) is -0.284. The molecule has 0 unspecified atom stereocenters. The number of nitrogens with one attached hydrogen (secondary N) is 1. The Morgan fingerprint density at radius 1 is 1.20 bits per heavy atom. The lowest BCUT2D eigenvalue weighted by Crippen LogP contribution is -2.18. The van der Waals surface area contributed by atoms with E-state index in [0.717, 1.165) is 33.3 Å². The number of amides is 1. The smallest absolute Gasteiger partial charge is 0.266 e. The number of nitrogens with zero attached hydrogens (tertiary/aromatic N) is 1. The number of hydrogen-bond acceptors (Lipinski definition) is 3. The quantitative estimate of drug-likeness (QED) is 0.472. The molecule has 1 N–H and O–H groups in total. The predicted octanol–water partition coefficient (Wildman–Crippen LogP) is 5.58. The number of fused-ring (bicyclic) bond motifs is 1. The van der Waals surface area contributed by atoms with Gasteiger partial charge in [0, 0.05) is 10.1 Å². The van der Waals surface area contributed by atoms with Crippen LogP contribution >= 0.6 is 22.9 Å². The van der Waals surface area contributed by atoms with Crippen molar-refractivity contribution >= 4 is 44.6 Å². The molecular weight excluding hydrogens is 352 g/mol. The number of halogens is 1. The van der Waals surface area contributed by atoms with E-state index in [9.17, 15) is 4.79 Å². The van der Waals surface area contributed by atoms with E-state index in [2.05, 4.69) is 29.6 Å². The maximum absolute atomic E-state index is 12.5. The molecule has 128 valence electrons. The van der Waals surface area contributed by atoms with Gasteiger partial charge in [0.15, 0.2) is 0 Å². The van der Waals surface area contributed by atoms with E-state index in [-0.39, 0.29) is 5.91 Å². The molecule has 1 aromatic heterocycles. The second kappa shape index (κ2) is 7.38. The molecule has 0 saturated heterocycles. The van der Waals surface area contributed by atoms with E-state index in [1.165, 1.54) is 16.9 Å². The van der Waals surface area contributed by atoms with Crippen molar-refractivity contribution in [3.63, 3.8) is 0 Å². The summed E-state index contributed by atoms with van der Waals surface area (Å²) in [6.45, 7) is 6.01. The van der Waals surface area contributed by atoms with Gasteiger partial charge in [-0.3, -0.25) is 4.79 Å². The number of carbonyl (C=O) groups is 1. The summed E-state index contributed by atoms with van der Waals surface area (Å²) in [4.78, 5) is 13.0. The zero-order valence-corrected chi connectivity index (χ0v) is 16.0. The van der Waals surface area contributed by atoms with E-state index in [1.54, 1.807) is 0 Å². The summed E-state index contributed by atoms with van der Waals surface area (Å²) in [6, 6.07) is 14.1. The second-order valence-corrected chi connectivity index (χ2v) is 7.36. The van der Waals surface area contributed by atoms with Crippen LogP contribution in [0.25, 0.3) is 10.1 Å². The molecule has 0 aliphatic rings. The van der Waals surface area contributed by atoms with Crippen molar-refractivity contribution in [3.8, 4) is 0 Å². The van der Waals surface area contributed by atoms with E-state index in [4.69, 9.17) is 11.6 Å². The van der Waals surface area contributed by atoms with Gasteiger partial charge in [-0.15, -0.1) is 11.3 Å². The monoisotopic (exact) mass is 370 g/mol. The number of hydrogen-bond donors (Lipinski definition) is 1. The molecule has 3 nitrogen and oxygen atoms in total. The number of rotatable bonds is 4. The summed E-state index contributed by atoms with van der Waals surface area (Å²) < 4.78 is 1.01. The number of carbonyl (C=O) groups excluding carboxylic acids is 1. The van der Waals surface area contributed by atoms with Crippen LogP contribution < -0.4 is 5.43 Å². The highest BCUT2D eigenvalue weighted by molar-refractivity contribution is 7.21. The lowest BCUT2D eigenvalue weighted by molar-refractivity contribution is 0.0959. The molecule has 0 bridgehead atoms. The highest BCUT2D eigenvalue weighted by Gasteiger charge is 2.17. The Morgan fingerprint density at radius 2 is 1.92 bits per heavy atom. The van der Waals surface area contributed by atoms with Crippen molar-refractivity contribution in [3.05, 3.63) is 69.1 Å². The minimum absolute atomic E-state index is 0.284. The van der Waals surface area contributed by atoms with Crippen LogP contribution in [-0.2, 0) is 6.42 Å². The number of hydrazone groups is 1. The van der Waals surface area contributed by atoms with Crippen molar-refractivity contribution in [1.82, 2.24) is 5.43 Å². The number of benzene rings is 2. The molecule has 2 aromatic carbocycles. The van der Waals surface area contributed by atoms with Crippen LogP contribution in [0.3, 0.4) is 0 Å². The Labute approximate surface area is 156 Å². The zero-order valence-electron chi connectivity index (χ0n) is 14.4. The lowest BCUT2D eigenvalue weighted by Gasteiger charge is -2.03. The van der Waals surface area contributed by atoms with Gasteiger partial charge >= 0.3 is 0 Å². The maximum atomic E-state index is 12.5. The second-order valence-electron chi connectivity index (χ2n) is 5.93. The normalized spacial score (nSPS) is 11.8. The van der Waals surface area contributed by atoms with Gasteiger partial charge in [-0.2, -0.15) is 5.10 Å². The van der Waals surface area contributed by atoms with Crippen molar-refractivity contribution < 1.29 is 4.79 Å². The first-order valence-corrected chi connectivity index (χ1v) is 9.31. The first-order chi connectivity index (χ1) is 12.0. The zero-order chi connectivity index (χ0) is 18.0. The summed E-state index contributed by atoms with van der Waals surface area (Å²) in [6.07, 6.45) is 0.997. The molecule has 3 aromatic rings. The SMILES string of the molecule is CCc1ccc(C(C)=NNC(=O)c2sc3cc(C)ccc3c2Cl)cc1. The van der Waals surface area contributed by atoms with Gasteiger partial charge in [0.2, 0.25) is 0 Å². The summed E-state index contributed by atoms with van der Waals surface area (Å²) in [5, 5.41) is 5.61. The highest BCUT2D eigenvalue weighted by Crippen LogP contribution is 2.35. The molecule has 0 saturated carbocycles. The maximum Gasteiger partial charge on any atom is 0.283 e. The summed E-state index contributed by atoms with van der Waals surface area (Å²) >= 11 is 7.76. The fraction of sp³-hybridized carbons (Fsp3) is 0.200. The Morgan fingerprint density at radius 3 is 2.60 bits per heavy atom. The molecule has 25 heavy (non-hydrogen) atoms. The molecule has 0 spiro atoms. The van der Waals surface area contributed by atoms with Crippen molar-refractivity contribution in [1.29, 1.82) is 0 Å². The molecule has 0 aliphatic heterocycles. The topological polar surface area (TPSA) is 41.5 Å². The first-order valence-electron chi connectivity index (χ1n) is 8.12. The minimum Gasteiger partial charge on any atom is -0.266 e. The Bertz CT molecular complexity index is 958. The van der Waals surface area contributed by atoms with Crippen molar-refractivity contribution in [2.75, 3.05) is 0 Å². The summed E-state index contributed by atoms with van der Waals surface area (Å²) in [5.41, 5.74) is 6.76. The van der Waals surface area contributed by atoms with E-state index < -0.39 is 0 Å². The van der Waals surface area contributed by atoms with Crippen LogP contribution in [0.1, 0.15) is 40.2 Å². The standard InChI is InChI=1S/C20H19ClN2OS/c1-4-14-6-8-15(9-7-14)13(3)22-23-20(24)19-18(21)16-10-5-12(2)11-17(16)25-19/h5-11H,4H2,1-3H3,(H,23,24). The molecule has 5 heteroatoms. The molecule has 3 rings (SSSR count). The van der Waals surface area contributed by atoms with Gasteiger partial charge in [0.1, 0.15) is 4.88 Å². The van der Waals surface area contributed by atoms with Crippen molar-refractivity contribution in [2.45, 2.75) is 27.2 Å². The average molecular weight is 371 g/mol. The van der Waals surface area contributed by atoms with Gasteiger partial charge in [0.25, 0.3) is 5.91 Å². The number of aryl methyl sites for hydroxylation is 2. The third kappa shape index (κ3) is 3.75. The minimum atomic E-state index is -0.284. The Kier molecular flexibility index (Phi) is 5.21. The molecular formula is C20H19ClN2OS. The van der Waals surface area contributed by atoms with Crippen LogP contribution in [0.5, 0.6) is 0 Å². The van der Waals surface area contributed by atoms with Gasteiger partial charge < -0.3 is 0 Å². The largest absolute Gasteiger partial charge is 0.283 e. The van der Waals surface area contributed by atoms with E-state index >= 15 is 0 Å². The summed E-state index contributed by atoms with van der Waals surface area (Å²) in [7, 11) is 0. The predicted molar refractivity (Wildman–Crippen MR) is 107 cm³/mol. The fourth-order valence-electron chi connectivity index (χ4n) is 2.55. The molecule has 0 fully saturated rings. The van der Waals surface area contributed by atoms with Crippen LogP contribution in [-0.4, -0.2) is 11.6 Å². The lowest BCUT2D eigenvalue weighted by atomic mass is 10.1. The Balaban J connectivity index is 1.80. The van der Waals surface area contributed by atoms with Crippen LogP contribution in [0.15, 0.2) is 47.6 Å². The third-order valence-corrected chi connectivity index (χ3v) is 5.75. The van der Waals surface area contributed by atoms with Crippen LogP contribution in [0.4, 0.5) is 0 Å². The van der Waals surface area contributed by atoms with E-state index in [1.807, 2.05) is 44.2 Å². The number of thiophene rings is 1.